The summed E-state index contributed by atoms with van der Waals surface area (Å²) < 4.78 is 7.47. The van der Waals surface area contributed by atoms with Gasteiger partial charge < -0.3 is 10.1 Å². The highest BCUT2D eigenvalue weighted by Gasteiger charge is 2.48. The number of carbonyl (C=O) groups is 1. The standard InChI is InChI=1S/C22H30N4O2/c1-17-22(8-3-10-23-21(22)27)9-4-12-25(17)15-18-6-7-20(28-2)19(14-18)16-26-13-5-11-24-26/h5-7,11,13-14,17H,3-4,8-10,12,15-16H2,1-2H3,(H,23,27)/t17-,22-/m0/s1. The molecule has 0 aliphatic carbocycles. The molecule has 150 valence electrons. The number of hydrogen-bond acceptors (Lipinski definition) is 4. The second kappa shape index (κ2) is 7.95. The number of ether oxygens (including phenoxy) is 1. The molecule has 0 unspecified atom stereocenters. The summed E-state index contributed by atoms with van der Waals surface area (Å²) >= 11 is 0. The maximum atomic E-state index is 12.7. The van der Waals surface area contributed by atoms with Gasteiger partial charge in [-0.1, -0.05) is 6.07 Å². The fourth-order valence-electron chi connectivity index (χ4n) is 4.95. The molecule has 3 heterocycles. The van der Waals surface area contributed by atoms with Gasteiger partial charge >= 0.3 is 0 Å². The normalized spacial score (nSPS) is 25.6. The second-order valence-corrected chi connectivity index (χ2v) is 8.12. The molecule has 2 aromatic rings. The summed E-state index contributed by atoms with van der Waals surface area (Å²) in [6.07, 6.45) is 7.92. The van der Waals surface area contributed by atoms with E-state index in [0.29, 0.717) is 6.54 Å². The number of nitrogens with one attached hydrogen (secondary N) is 1. The highest BCUT2D eigenvalue weighted by Crippen LogP contribution is 2.42. The lowest BCUT2D eigenvalue weighted by atomic mass is 9.68. The molecule has 0 radical (unpaired) electrons. The smallest absolute Gasteiger partial charge is 0.227 e. The van der Waals surface area contributed by atoms with Crippen LogP contribution in [0.1, 0.15) is 43.7 Å². The van der Waals surface area contributed by atoms with E-state index in [2.05, 4.69) is 34.4 Å². The van der Waals surface area contributed by atoms with Gasteiger partial charge in [0, 0.05) is 37.1 Å². The Morgan fingerprint density at radius 1 is 1.29 bits per heavy atom. The van der Waals surface area contributed by atoms with Crippen molar-refractivity contribution in [1.82, 2.24) is 20.0 Å². The van der Waals surface area contributed by atoms with Crippen LogP contribution in [0.15, 0.2) is 36.7 Å². The predicted molar refractivity (Wildman–Crippen MR) is 108 cm³/mol. The number of benzene rings is 1. The van der Waals surface area contributed by atoms with Crippen LogP contribution in [0.3, 0.4) is 0 Å². The number of amides is 1. The van der Waals surface area contributed by atoms with Crippen LogP contribution in [-0.4, -0.2) is 46.8 Å². The number of likely N-dealkylation sites (tertiary alicyclic amines) is 1. The molecule has 1 N–H and O–H groups in total. The lowest BCUT2D eigenvalue weighted by Crippen LogP contribution is -2.59. The van der Waals surface area contributed by atoms with Crippen LogP contribution >= 0.6 is 0 Å². The zero-order valence-electron chi connectivity index (χ0n) is 16.9. The van der Waals surface area contributed by atoms with Crippen molar-refractivity contribution in [2.45, 2.75) is 51.7 Å². The SMILES string of the molecule is COc1ccc(CN2CCC[C@@]3(CCCNC3=O)[C@@H]2C)cc1Cn1cccn1. The van der Waals surface area contributed by atoms with E-state index in [1.54, 1.807) is 13.3 Å². The van der Waals surface area contributed by atoms with Crippen molar-refractivity contribution >= 4 is 5.91 Å². The molecule has 28 heavy (non-hydrogen) atoms. The van der Waals surface area contributed by atoms with Gasteiger partial charge in [-0.3, -0.25) is 14.4 Å². The van der Waals surface area contributed by atoms with Crippen molar-refractivity contribution in [3.05, 3.63) is 47.8 Å². The van der Waals surface area contributed by atoms with Crippen molar-refractivity contribution in [2.24, 2.45) is 5.41 Å². The van der Waals surface area contributed by atoms with Crippen LogP contribution in [0.5, 0.6) is 5.75 Å². The van der Waals surface area contributed by atoms with Gasteiger partial charge in [-0.15, -0.1) is 0 Å². The second-order valence-electron chi connectivity index (χ2n) is 8.12. The first-order valence-corrected chi connectivity index (χ1v) is 10.3. The number of methoxy groups -OCH3 is 1. The molecule has 4 rings (SSSR count). The molecule has 0 saturated carbocycles. The van der Waals surface area contributed by atoms with E-state index in [1.807, 2.05) is 23.0 Å². The van der Waals surface area contributed by atoms with Gasteiger partial charge in [0.15, 0.2) is 0 Å². The van der Waals surface area contributed by atoms with Crippen molar-refractivity contribution < 1.29 is 9.53 Å². The van der Waals surface area contributed by atoms with Crippen LogP contribution in [0, 0.1) is 5.41 Å². The zero-order valence-corrected chi connectivity index (χ0v) is 16.9. The fraction of sp³-hybridized carbons (Fsp3) is 0.545. The molecule has 2 aliphatic heterocycles. The van der Waals surface area contributed by atoms with Gasteiger partial charge in [0.1, 0.15) is 5.75 Å². The lowest BCUT2D eigenvalue weighted by molar-refractivity contribution is -0.142. The molecule has 2 saturated heterocycles. The Labute approximate surface area is 166 Å². The summed E-state index contributed by atoms with van der Waals surface area (Å²) in [4.78, 5) is 15.2. The number of carbonyl (C=O) groups excluding carboxylic acids is 1. The Morgan fingerprint density at radius 3 is 2.89 bits per heavy atom. The Morgan fingerprint density at radius 2 is 2.14 bits per heavy atom. The quantitative estimate of drug-likeness (QED) is 0.864. The van der Waals surface area contributed by atoms with Crippen LogP contribution < -0.4 is 10.1 Å². The van der Waals surface area contributed by atoms with Crippen LogP contribution in [-0.2, 0) is 17.9 Å². The summed E-state index contributed by atoms with van der Waals surface area (Å²) in [6.45, 7) is 5.63. The fourth-order valence-corrected chi connectivity index (χ4v) is 4.95. The molecule has 6 nitrogen and oxygen atoms in total. The van der Waals surface area contributed by atoms with Gasteiger partial charge in [0.2, 0.25) is 5.91 Å². The largest absolute Gasteiger partial charge is 0.496 e. The maximum absolute atomic E-state index is 12.7. The Bertz CT molecular complexity index is 816. The van der Waals surface area contributed by atoms with E-state index in [-0.39, 0.29) is 17.4 Å². The molecule has 1 amide bonds. The molecule has 0 bridgehead atoms. The first kappa shape index (κ1) is 19.0. The Hall–Kier alpha value is -2.34. The van der Waals surface area contributed by atoms with Crippen molar-refractivity contribution in [3.63, 3.8) is 0 Å². The lowest BCUT2D eigenvalue weighted by Gasteiger charge is -2.49. The van der Waals surface area contributed by atoms with Gasteiger partial charge in [0.25, 0.3) is 0 Å². The highest BCUT2D eigenvalue weighted by atomic mass is 16.5. The highest BCUT2D eigenvalue weighted by molar-refractivity contribution is 5.84. The maximum Gasteiger partial charge on any atom is 0.227 e. The zero-order chi connectivity index (χ0) is 19.6. The van der Waals surface area contributed by atoms with E-state index in [9.17, 15) is 4.79 Å². The van der Waals surface area contributed by atoms with Gasteiger partial charge in [-0.25, -0.2) is 0 Å². The molecule has 6 heteroatoms. The van der Waals surface area contributed by atoms with Crippen molar-refractivity contribution in [1.29, 1.82) is 0 Å². The molecular weight excluding hydrogens is 352 g/mol. The minimum atomic E-state index is -0.221. The molecule has 2 fully saturated rings. The van der Waals surface area contributed by atoms with E-state index in [4.69, 9.17) is 4.74 Å². The van der Waals surface area contributed by atoms with Crippen LogP contribution in [0.2, 0.25) is 0 Å². The Kier molecular flexibility index (Phi) is 5.40. The first-order chi connectivity index (χ1) is 13.6. The van der Waals surface area contributed by atoms with E-state index < -0.39 is 0 Å². The third kappa shape index (κ3) is 3.53. The van der Waals surface area contributed by atoms with Crippen molar-refractivity contribution in [3.8, 4) is 5.75 Å². The summed E-state index contributed by atoms with van der Waals surface area (Å²) in [5.74, 6) is 1.14. The molecular formula is C22H30N4O2. The number of hydrogen-bond donors (Lipinski definition) is 1. The van der Waals surface area contributed by atoms with E-state index in [0.717, 1.165) is 56.6 Å². The molecule has 2 aliphatic rings. The summed E-state index contributed by atoms with van der Waals surface area (Å²) in [6, 6.07) is 8.58. The van der Waals surface area contributed by atoms with Gasteiger partial charge in [0.05, 0.1) is 19.1 Å². The minimum Gasteiger partial charge on any atom is -0.496 e. The van der Waals surface area contributed by atoms with Gasteiger partial charge in [-0.2, -0.15) is 5.10 Å². The van der Waals surface area contributed by atoms with E-state index in [1.165, 1.54) is 5.56 Å². The third-order valence-corrected chi connectivity index (χ3v) is 6.58. The number of rotatable bonds is 5. The molecule has 1 spiro atoms. The third-order valence-electron chi connectivity index (χ3n) is 6.58. The summed E-state index contributed by atoms with van der Waals surface area (Å²) in [7, 11) is 1.71. The average molecular weight is 383 g/mol. The number of aromatic nitrogens is 2. The average Bonchev–Trinajstić information content (AvgIpc) is 3.21. The minimum absolute atomic E-state index is 0.221. The molecule has 1 aromatic carbocycles. The van der Waals surface area contributed by atoms with Gasteiger partial charge in [-0.05, 0) is 62.9 Å². The predicted octanol–water partition coefficient (Wildman–Crippen LogP) is 2.82. The number of piperidine rings is 2. The monoisotopic (exact) mass is 382 g/mol. The van der Waals surface area contributed by atoms with Crippen LogP contribution in [0.25, 0.3) is 0 Å². The molecule has 1 aromatic heterocycles. The first-order valence-electron chi connectivity index (χ1n) is 10.3. The van der Waals surface area contributed by atoms with E-state index >= 15 is 0 Å². The van der Waals surface area contributed by atoms with Crippen LogP contribution in [0.4, 0.5) is 0 Å². The number of nitrogens with zero attached hydrogens (tertiary/aromatic N) is 3. The summed E-state index contributed by atoms with van der Waals surface area (Å²) in [5, 5.41) is 7.43. The topological polar surface area (TPSA) is 59.4 Å². The Balaban J connectivity index is 1.54. The van der Waals surface area contributed by atoms with Crippen molar-refractivity contribution in [2.75, 3.05) is 20.2 Å². The molecule has 2 atom stereocenters. The summed E-state index contributed by atoms with van der Waals surface area (Å²) in [5.41, 5.74) is 2.16.